The van der Waals surface area contributed by atoms with Crippen LogP contribution in [0.5, 0.6) is 5.75 Å². The molecule has 148 valence electrons. The minimum Gasteiger partial charge on any atom is -0.502 e. The van der Waals surface area contributed by atoms with Gasteiger partial charge in [0.05, 0.1) is 6.54 Å². The van der Waals surface area contributed by atoms with Crippen LogP contribution in [0.25, 0.3) is 0 Å². The number of aromatic nitrogens is 1. The van der Waals surface area contributed by atoms with E-state index >= 15 is 0 Å². The smallest absolute Gasteiger partial charge is 0.278 e. The van der Waals surface area contributed by atoms with Gasteiger partial charge in [-0.1, -0.05) is 30.3 Å². The highest BCUT2D eigenvalue weighted by Crippen LogP contribution is 2.23. The van der Waals surface area contributed by atoms with Crippen molar-refractivity contribution in [1.82, 2.24) is 9.58 Å². The van der Waals surface area contributed by atoms with Gasteiger partial charge >= 0.3 is 0 Å². The monoisotopic (exact) mass is 397 g/mol. The Labute approximate surface area is 164 Å². The topological polar surface area (TPSA) is 65.8 Å². The summed E-state index contributed by atoms with van der Waals surface area (Å²) in [5, 5.41) is 11.9. The van der Waals surface area contributed by atoms with Gasteiger partial charge in [0.15, 0.2) is 11.4 Å². The molecule has 0 fully saturated rings. The first-order chi connectivity index (χ1) is 13.9. The molecule has 2 aromatic carbocycles. The third kappa shape index (κ3) is 3.56. The second-order valence-electron chi connectivity index (χ2n) is 6.75. The molecule has 0 saturated carbocycles. The molecule has 29 heavy (non-hydrogen) atoms. The number of benzene rings is 2. The molecule has 4 rings (SSSR count). The zero-order valence-corrected chi connectivity index (χ0v) is 15.3. The van der Waals surface area contributed by atoms with Gasteiger partial charge in [-0.25, -0.2) is 8.78 Å². The zero-order valence-electron chi connectivity index (χ0n) is 15.3. The quantitative estimate of drug-likeness (QED) is 0.735. The maximum absolute atomic E-state index is 14.2. The average Bonchev–Trinajstić information content (AvgIpc) is 2.71. The van der Waals surface area contributed by atoms with Crippen molar-refractivity contribution < 1.29 is 18.7 Å². The minimum absolute atomic E-state index is 0.0832. The summed E-state index contributed by atoms with van der Waals surface area (Å²) in [5.41, 5.74) is 0.200. The molecule has 0 radical (unpaired) electrons. The third-order valence-corrected chi connectivity index (χ3v) is 4.78. The Bertz CT molecular complexity index is 1130. The van der Waals surface area contributed by atoms with Gasteiger partial charge in [0.2, 0.25) is 5.43 Å². The number of hydrogen-bond acceptors (Lipinski definition) is 4. The number of fused-ring (bicyclic) bond motifs is 1. The van der Waals surface area contributed by atoms with Crippen LogP contribution in [0, 0.1) is 11.6 Å². The van der Waals surface area contributed by atoms with Crippen molar-refractivity contribution in [2.75, 3.05) is 11.7 Å². The van der Waals surface area contributed by atoms with Crippen LogP contribution in [-0.4, -0.2) is 27.3 Å². The molecule has 2 heterocycles. The third-order valence-electron chi connectivity index (χ3n) is 4.78. The highest BCUT2D eigenvalue weighted by molar-refractivity contribution is 5.96. The molecule has 1 N–H and O–H groups in total. The molecule has 0 unspecified atom stereocenters. The normalized spacial score (nSPS) is 13.5. The summed E-state index contributed by atoms with van der Waals surface area (Å²) in [6.07, 6.45) is 1.38. The first-order valence-corrected chi connectivity index (χ1v) is 8.91. The molecule has 3 aromatic rings. The molecule has 1 aliphatic rings. The standard InChI is InChI=1S/C21H17F2N3O3/c22-16-7-5-14(6-8-16)11-24-13-25(12-15-3-1-2-4-17(15)23)26-10-9-18(27)20(28)19(26)21(24)29/h1-10,28H,11-13H2. The fourth-order valence-electron chi connectivity index (χ4n) is 3.31. The van der Waals surface area contributed by atoms with E-state index in [1.807, 2.05) is 0 Å². The van der Waals surface area contributed by atoms with Crippen molar-refractivity contribution in [3.05, 3.63) is 99.5 Å². The summed E-state index contributed by atoms with van der Waals surface area (Å²) in [6, 6.07) is 13.1. The lowest BCUT2D eigenvalue weighted by Gasteiger charge is -2.39. The zero-order chi connectivity index (χ0) is 20.5. The van der Waals surface area contributed by atoms with Crippen molar-refractivity contribution in [3.8, 4) is 5.75 Å². The van der Waals surface area contributed by atoms with E-state index in [2.05, 4.69) is 0 Å². The number of nitrogens with zero attached hydrogens (tertiary/aromatic N) is 3. The molecule has 0 saturated heterocycles. The van der Waals surface area contributed by atoms with Crippen LogP contribution in [0.2, 0.25) is 0 Å². The second-order valence-corrected chi connectivity index (χ2v) is 6.75. The van der Waals surface area contributed by atoms with Crippen molar-refractivity contribution in [3.63, 3.8) is 0 Å². The van der Waals surface area contributed by atoms with Gasteiger partial charge in [-0.05, 0) is 23.8 Å². The summed E-state index contributed by atoms with van der Waals surface area (Å²) in [6.45, 7) is 0.324. The summed E-state index contributed by atoms with van der Waals surface area (Å²) in [4.78, 5) is 26.3. The largest absolute Gasteiger partial charge is 0.502 e. The fraction of sp³-hybridized carbons (Fsp3) is 0.143. The molecule has 6 nitrogen and oxygen atoms in total. The van der Waals surface area contributed by atoms with Gasteiger partial charge in [-0.3, -0.25) is 19.3 Å². The lowest BCUT2D eigenvalue weighted by molar-refractivity contribution is 0.0670. The van der Waals surface area contributed by atoms with E-state index < -0.39 is 28.7 Å². The first kappa shape index (κ1) is 18.7. The van der Waals surface area contributed by atoms with E-state index in [0.717, 1.165) is 6.07 Å². The Hall–Kier alpha value is -3.68. The van der Waals surface area contributed by atoms with Crippen LogP contribution in [0.1, 0.15) is 21.6 Å². The molecule has 1 aromatic heterocycles. The molecule has 8 heteroatoms. The summed E-state index contributed by atoms with van der Waals surface area (Å²) in [5.74, 6) is -2.01. The maximum atomic E-state index is 14.2. The fourth-order valence-corrected chi connectivity index (χ4v) is 3.31. The minimum atomic E-state index is -0.681. The summed E-state index contributed by atoms with van der Waals surface area (Å²) in [7, 11) is 0. The number of carbonyl (C=O) groups is 1. The van der Waals surface area contributed by atoms with E-state index in [1.54, 1.807) is 35.3 Å². The lowest BCUT2D eigenvalue weighted by atomic mass is 10.1. The number of halogens is 2. The van der Waals surface area contributed by atoms with Gasteiger partial charge in [-0.2, -0.15) is 0 Å². The molecule has 1 aliphatic heterocycles. The van der Waals surface area contributed by atoms with E-state index in [4.69, 9.17) is 0 Å². The van der Waals surface area contributed by atoms with Crippen LogP contribution in [-0.2, 0) is 13.1 Å². The highest BCUT2D eigenvalue weighted by atomic mass is 19.1. The SMILES string of the molecule is O=C1c2c(O)c(=O)ccn2N(Cc2ccccc2F)CN1Cc1ccc(F)cc1. The Morgan fingerprint density at radius 3 is 2.38 bits per heavy atom. The molecule has 0 bridgehead atoms. The molecule has 0 aliphatic carbocycles. The van der Waals surface area contributed by atoms with Gasteiger partial charge in [0.25, 0.3) is 5.91 Å². The van der Waals surface area contributed by atoms with Crippen molar-refractivity contribution >= 4 is 5.91 Å². The van der Waals surface area contributed by atoms with Gasteiger partial charge in [0.1, 0.15) is 18.3 Å². The van der Waals surface area contributed by atoms with Crippen molar-refractivity contribution in [2.24, 2.45) is 0 Å². The number of hydrogen-bond donors (Lipinski definition) is 1. The van der Waals surface area contributed by atoms with Crippen LogP contribution in [0.4, 0.5) is 8.78 Å². The summed E-state index contributed by atoms with van der Waals surface area (Å²) < 4.78 is 28.7. The number of rotatable bonds is 4. The Kier molecular flexibility index (Phi) is 4.75. The van der Waals surface area contributed by atoms with E-state index in [9.17, 15) is 23.5 Å². The Morgan fingerprint density at radius 2 is 1.66 bits per heavy atom. The number of aromatic hydroxyl groups is 1. The second kappa shape index (κ2) is 7.38. The highest BCUT2D eigenvalue weighted by Gasteiger charge is 2.32. The van der Waals surface area contributed by atoms with Crippen molar-refractivity contribution in [2.45, 2.75) is 13.1 Å². The maximum Gasteiger partial charge on any atom is 0.278 e. The Morgan fingerprint density at radius 1 is 0.931 bits per heavy atom. The number of carbonyl (C=O) groups excluding carboxylic acids is 1. The van der Waals surface area contributed by atoms with Crippen molar-refractivity contribution in [1.29, 1.82) is 0 Å². The molecular weight excluding hydrogens is 380 g/mol. The van der Waals surface area contributed by atoms with E-state index in [0.29, 0.717) is 11.1 Å². The molecule has 1 amide bonds. The predicted octanol–water partition coefficient (Wildman–Crippen LogP) is 2.58. The van der Waals surface area contributed by atoms with Crippen LogP contribution in [0.3, 0.4) is 0 Å². The van der Waals surface area contributed by atoms with Gasteiger partial charge in [-0.15, -0.1) is 0 Å². The van der Waals surface area contributed by atoms with Gasteiger partial charge in [0, 0.05) is 24.4 Å². The number of pyridine rings is 1. The van der Waals surface area contributed by atoms with Crippen LogP contribution in [0.15, 0.2) is 65.6 Å². The average molecular weight is 397 g/mol. The predicted molar refractivity (Wildman–Crippen MR) is 102 cm³/mol. The van der Waals surface area contributed by atoms with E-state index in [1.165, 1.54) is 34.0 Å². The number of amides is 1. The van der Waals surface area contributed by atoms with Gasteiger partial charge < -0.3 is 10.0 Å². The van der Waals surface area contributed by atoms with Crippen LogP contribution >= 0.6 is 0 Å². The Balaban J connectivity index is 1.73. The molecular formula is C21H17F2N3O3. The van der Waals surface area contributed by atoms with E-state index in [-0.39, 0.29) is 25.5 Å². The summed E-state index contributed by atoms with van der Waals surface area (Å²) >= 11 is 0. The molecule has 0 spiro atoms. The first-order valence-electron chi connectivity index (χ1n) is 8.91. The molecule has 0 atom stereocenters. The lowest BCUT2D eigenvalue weighted by Crippen LogP contribution is -2.53. The van der Waals surface area contributed by atoms with Crippen LogP contribution < -0.4 is 10.4 Å².